The number of nitrogens with one attached hydrogen (secondary N) is 2. The molecule has 1 atom stereocenters. The molecular weight excluding hydrogens is 288 g/mol. The molecule has 0 aliphatic heterocycles. The quantitative estimate of drug-likeness (QED) is 0.863. The summed E-state index contributed by atoms with van der Waals surface area (Å²) >= 11 is 6.23. The largest absolute Gasteiger partial charge is 0.323 e. The lowest BCUT2D eigenvalue weighted by Gasteiger charge is -2.14. The van der Waals surface area contributed by atoms with Crippen molar-refractivity contribution >= 4 is 23.2 Å². The lowest BCUT2D eigenvalue weighted by atomic mass is 10.2. The molecule has 0 bridgehead atoms. The van der Waals surface area contributed by atoms with Gasteiger partial charge in [-0.1, -0.05) is 24.6 Å². The van der Waals surface area contributed by atoms with Crippen molar-refractivity contribution in [1.82, 2.24) is 15.1 Å². The van der Waals surface area contributed by atoms with Crippen LogP contribution in [0.25, 0.3) is 5.69 Å². The lowest BCUT2D eigenvalue weighted by molar-refractivity contribution is -0.115. The van der Waals surface area contributed by atoms with E-state index in [2.05, 4.69) is 22.7 Å². The Labute approximate surface area is 129 Å². The fraction of sp³-hybridized carbons (Fsp3) is 0.333. The molecule has 0 aliphatic carbocycles. The number of hydrogen-bond acceptors (Lipinski definition) is 3. The Morgan fingerprint density at radius 1 is 1.43 bits per heavy atom. The van der Waals surface area contributed by atoms with Gasteiger partial charge in [-0.2, -0.15) is 5.10 Å². The molecular formula is C15H19ClN4O. The van der Waals surface area contributed by atoms with E-state index in [0.717, 1.165) is 6.42 Å². The molecule has 112 valence electrons. The third-order valence-corrected chi connectivity index (χ3v) is 3.52. The minimum atomic E-state index is -0.106. The van der Waals surface area contributed by atoms with E-state index in [1.165, 1.54) is 0 Å². The number of hydrogen-bond donors (Lipinski definition) is 2. The number of para-hydroxylation sites is 1. The van der Waals surface area contributed by atoms with Gasteiger partial charge in [-0.05, 0) is 31.5 Å². The summed E-state index contributed by atoms with van der Waals surface area (Å²) in [5.41, 5.74) is 1.31. The van der Waals surface area contributed by atoms with Crippen LogP contribution in [0.2, 0.25) is 5.02 Å². The van der Waals surface area contributed by atoms with Gasteiger partial charge in [0, 0.05) is 18.4 Å². The Balaban J connectivity index is 2.14. The zero-order valence-electron chi connectivity index (χ0n) is 12.1. The lowest BCUT2D eigenvalue weighted by Crippen LogP contribution is -2.34. The second kappa shape index (κ2) is 7.24. The Morgan fingerprint density at radius 3 is 2.90 bits per heavy atom. The van der Waals surface area contributed by atoms with Gasteiger partial charge in [-0.3, -0.25) is 4.79 Å². The maximum atomic E-state index is 12.0. The summed E-state index contributed by atoms with van der Waals surface area (Å²) in [6.45, 7) is 4.38. The zero-order valence-corrected chi connectivity index (χ0v) is 12.9. The average Bonchev–Trinajstić information content (AvgIpc) is 2.98. The van der Waals surface area contributed by atoms with Crippen LogP contribution in [0.5, 0.6) is 0 Å². The first-order valence-corrected chi connectivity index (χ1v) is 7.31. The molecule has 21 heavy (non-hydrogen) atoms. The molecule has 1 amide bonds. The third kappa shape index (κ3) is 4.06. The first kappa shape index (κ1) is 15.5. The molecule has 1 aromatic heterocycles. The van der Waals surface area contributed by atoms with Gasteiger partial charge < -0.3 is 10.6 Å². The number of nitrogens with zero attached hydrogens (tertiary/aromatic N) is 2. The molecule has 0 aliphatic rings. The Morgan fingerprint density at radius 2 is 2.24 bits per heavy atom. The molecule has 2 N–H and O–H groups in total. The van der Waals surface area contributed by atoms with Gasteiger partial charge >= 0.3 is 0 Å². The molecule has 6 heteroatoms. The number of rotatable bonds is 6. The molecule has 5 nitrogen and oxygen atoms in total. The van der Waals surface area contributed by atoms with Gasteiger partial charge in [0.05, 0.1) is 17.3 Å². The predicted octanol–water partition coefficient (Wildman–Crippen LogP) is 2.85. The minimum Gasteiger partial charge on any atom is -0.323 e. The van der Waals surface area contributed by atoms with Crippen molar-refractivity contribution in [2.45, 2.75) is 26.3 Å². The molecule has 0 saturated heterocycles. The Hall–Kier alpha value is -1.85. The van der Waals surface area contributed by atoms with E-state index in [-0.39, 0.29) is 12.5 Å². The van der Waals surface area contributed by atoms with E-state index < -0.39 is 0 Å². The van der Waals surface area contributed by atoms with Crippen LogP contribution >= 0.6 is 11.6 Å². The molecule has 2 aromatic rings. The van der Waals surface area contributed by atoms with Crippen molar-refractivity contribution in [1.29, 1.82) is 0 Å². The number of carbonyl (C=O) groups is 1. The highest BCUT2D eigenvalue weighted by Gasteiger charge is 2.12. The first-order chi connectivity index (χ1) is 10.1. The van der Waals surface area contributed by atoms with Crippen LogP contribution in [-0.4, -0.2) is 28.3 Å². The Bertz CT molecular complexity index is 598. The van der Waals surface area contributed by atoms with Crippen LogP contribution in [0.4, 0.5) is 5.69 Å². The third-order valence-electron chi connectivity index (χ3n) is 3.22. The van der Waals surface area contributed by atoms with E-state index in [1.54, 1.807) is 35.3 Å². The first-order valence-electron chi connectivity index (χ1n) is 6.93. The highest BCUT2D eigenvalue weighted by molar-refractivity contribution is 6.33. The molecule has 1 unspecified atom stereocenters. The SMILES string of the molecule is CCC(C)NCC(=O)Nc1cccc(Cl)c1-n1cccn1. The van der Waals surface area contributed by atoms with Crippen LogP contribution in [0, 0.1) is 0 Å². The monoisotopic (exact) mass is 306 g/mol. The summed E-state index contributed by atoms with van der Waals surface area (Å²) in [6.07, 6.45) is 4.43. The summed E-state index contributed by atoms with van der Waals surface area (Å²) in [4.78, 5) is 12.0. The van der Waals surface area contributed by atoms with E-state index in [9.17, 15) is 4.79 Å². The van der Waals surface area contributed by atoms with Crippen LogP contribution < -0.4 is 10.6 Å². The van der Waals surface area contributed by atoms with Crippen molar-refractivity contribution in [3.63, 3.8) is 0 Å². The standard InChI is InChI=1S/C15H19ClN4O/c1-3-11(2)17-10-14(21)19-13-7-4-6-12(16)15(13)20-9-5-8-18-20/h4-9,11,17H,3,10H2,1-2H3,(H,19,21). The number of benzene rings is 1. The number of anilines is 1. The molecule has 0 radical (unpaired) electrons. The van der Waals surface area contributed by atoms with E-state index >= 15 is 0 Å². The van der Waals surface area contributed by atoms with Crippen LogP contribution in [0.3, 0.4) is 0 Å². The summed E-state index contributed by atoms with van der Waals surface area (Å²) in [5.74, 6) is -0.106. The van der Waals surface area contributed by atoms with Gasteiger partial charge in [0.1, 0.15) is 5.69 Å². The van der Waals surface area contributed by atoms with Crippen molar-refractivity contribution in [3.8, 4) is 5.69 Å². The van der Waals surface area contributed by atoms with Gasteiger partial charge in [0.2, 0.25) is 5.91 Å². The highest BCUT2D eigenvalue weighted by Crippen LogP contribution is 2.27. The second-order valence-corrected chi connectivity index (χ2v) is 5.23. The smallest absolute Gasteiger partial charge is 0.238 e. The van der Waals surface area contributed by atoms with E-state index in [4.69, 9.17) is 11.6 Å². The molecule has 1 heterocycles. The van der Waals surface area contributed by atoms with Crippen molar-refractivity contribution in [2.24, 2.45) is 0 Å². The molecule has 1 aromatic carbocycles. The van der Waals surface area contributed by atoms with Gasteiger partial charge in [-0.25, -0.2) is 4.68 Å². The summed E-state index contributed by atoms with van der Waals surface area (Å²) in [6, 6.07) is 7.49. The molecule has 0 spiro atoms. The fourth-order valence-electron chi connectivity index (χ4n) is 1.86. The maximum absolute atomic E-state index is 12.0. The minimum absolute atomic E-state index is 0.106. The number of halogens is 1. The zero-order chi connectivity index (χ0) is 15.2. The molecule has 2 rings (SSSR count). The van der Waals surface area contributed by atoms with E-state index in [0.29, 0.717) is 22.4 Å². The van der Waals surface area contributed by atoms with Crippen molar-refractivity contribution in [2.75, 3.05) is 11.9 Å². The molecule has 0 saturated carbocycles. The summed E-state index contributed by atoms with van der Waals surface area (Å²) in [5, 5.41) is 10.7. The van der Waals surface area contributed by atoms with Crippen molar-refractivity contribution < 1.29 is 4.79 Å². The van der Waals surface area contributed by atoms with Gasteiger partial charge in [0.15, 0.2) is 0 Å². The topological polar surface area (TPSA) is 59.0 Å². The highest BCUT2D eigenvalue weighted by atomic mass is 35.5. The summed E-state index contributed by atoms with van der Waals surface area (Å²) < 4.78 is 1.64. The van der Waals surface area contributed by atoms with E-state index in [1.807, 2.05) is 13.0 Å². The number of aromatic nitrogens is 2. The average molecular weight is 307 g/mol. The van der Waals surface area contributed by atoms with Crippen LogP contribution in [-0.2, 0) is 4.79 Å². The van der Waals surface area contributed by atoms with Crippen LogP contribution in [0.1, 0.15) is 20.3 Å². The van der Waals surface area contributed by atoms with Crippen molar-refractivity contribution in [3.05, 3.63) is 41.7 Å². The second-order valence-electron chi connectivity index (χ2n) is 4.83. The Kier molecular flexibility index (Phi) is 5.36. The fourth-order valence-corrected chi connectivity index (χ4v) is 2.12. The maximum Gasteiger partial charge on any atom is 0.238 e. The van der Waals surface area contributed by atoms with Gasteiger partial charge in [0.25, 0.3) is 0 Å². The van der Waals surface area contributed by atoms with Crippen LogP contribution in [0.15, 0.2) is 36.7 Å². The number of carbonyl (C=O) groups excluding carboxylic acids is 1. The number of amides is 1. The van der Waals surface area contributed by atoms with Gasteiger partial charge in [-0.15, -0.1) is 0 Å². The molecule has 0 fully saturated rings. The normalized spacial score (nSPS) is 12.1. The summed E-state index contributed by atoms with van der Waals surface area (Å²) in [7, 11) is 0. The predicted molar refractivity (Wildman–Crippen MR) is 85.0 cm³/mol.